The topological polar surface area (TPSA) is 89.2 Å². The molecule has 1 aliphatic rings. The fraction of sp³-hybridized carbons (Fsp3) is 0.278. The van der Waals surface area contributed by atoms with E-state index in [0.29, 0.717) is 40.6 Å². The summed E-state index contributed by atoms with van der Waals surface area (Å²) in [6.07, 6.45) is 3.22. The fourth-order valence-electron chi connectivity index (χ4n) is 2.85. The van der Waals surface area contributed by atoms with Crippen LogP contribution in [0.4, 0.5) is 0 Å². The molecule has 7 nitrogen and oxygen atoms in total. The fourth-order valence-corrected chi connectivity index (χ4v) is 5.12. The SMILES string of the molecule is O=S(=O)(c1ccc(SCc2nc(-c3ccc(Cl)cc3)no2)nc1)N1CCCC1. The predicted molar refractivity (Wildman–Crippen MR) is 107 cm³/mol. The predicted octanol–water partition coefficient (Wildman–Crippen LogP) is 3.86. The molecule has 1 aliphatic heterocycles. The van der Waals surface area contributed by atoms with Gasteiger partial charge in [-0.15, -0.1) is 0 Å². The number of hydrogen-bond acceptors (Lipinski definition) is 7. The highest BCUT2D eigenvalue weighted by molar-refractivity contribution is 7.98. The van der Waals surface area contributed by atoms with Gasteiger partial charge in [-0.1, -0.05) is 28.5 Å². The number of hydrogen-bond donors (Lipinski definition) is 0. The molecule has 3 heterocycles. The van der Waals surface area contributed by atoms with Crippen molar-refractivity contribution in [2.75, 3.05) is 13.1 Å². The first-order valence-corrected chi connectivity index (χ1v) is 11.5. The molecule has 0 atom stereocenters. The lowest BCUT2D eigenvalue weighted by molar-refractivity contribution is 0.391. The summed E-state index contributed by atoms with van der Waals surface area (Å²) in [5.74, 6) is 1.39. The zero-order valence-electron chi connectivity index (χ0n) is 14.8. The zero-order valence-corrected chi connectivity index (χ0v) is 17.2. The van der Waals surface area contributed by atoms with Gasteiger partial charge >= 0.3 is 0 Å². The van der Waals surface area contributed by atoms with Gasteiger partial charge in [-0.3, -0.25) is 0 Å². The van der Waals surface area contributed by atoms with Gasteiger partial charge in [-0.2, -0.15) is 9.29 Å². The first kappa shape index (κ1) is 19.4. The summed E-state index contributed by atoms with van der Waals surface area (Å²) in [6.45, 7) is 1.15. The van der Waals surface area contributed by atoms with Crippen LogP contribution in [0.3, 0.4) is 0 Å². The Labute approximate surface area is 172 Å². The van der Waals surface area contributed by atoms with Crippen LogP contribution in [-0.4, -0.2) is 40.9 Å². The molecule has 0 spiro atoms. The van der Waals surface area contributed by atoms with Crippen molar-refractivity contribution in [1.82, 2.24) is 19.4 Å². The van der Waals surface area contributed by atoms with Gasteiger partial charge in [0.1, 0.15) is 4.90 Å². The molecule has 0 unspecified atom stereocenters. The number of thioether (sulfide) groups is 1. The Bertz CT molecular complexity index is 1050. The second kappa shape index (κ2) is 8.20. The summed E-state index contributed by atoms with van der Waals surface area (Å²) >= 11 is 7.28. The molecule has 0 saturated carbocycles. The van der Waals surface area contributed by atoms with Crippen LogP contribution in [-0.2, 0) is 15.8 Å². The normalized spacial score (nSPS) is 15.2. The van der Waals surface area contributed by atoms with E-state index in [9.17, 15) is 8.42 Å². The Kier molecular flexibility index (Phi) is 5.68. The summed E-state index contributed by atoms with van der Waals surface area (Å²) in [6, 6.07) is 10.5. The highest BCUT2D eigenvalue weighted by Gasteiger charge is 2.27. The maximum atomic E-state index is 12.5. The van der Waals surface area contributed by atoms with Gasteiger partial charge in [0.2, 0.25) is 21.7 Å². The molecule has 0 amide bonds. The van der Waals surface area contributed by atoms with Crippen molar-refractivity contribution >= 4 is 33.4 Å². The Morgan fingerprint density at radius 1 is 1.11 bits per heavy atom. The van der Waals surface area contributed by atoms with Gasteiger partial charge in [0.05, 0.1) is 10.8 Å². The average Bonchev–Trinajstić information content (AvgIpc) is 3.40. The summed E-state index contributed by atoms with van der Waals surface area (Å²) in [7, 11) is -3.44. The van der Waals surface area contributed by atoms with Crippen LogP contribution in [0.5, 0.6) is 0 Å². The highest BCUT2D eigenvalue weighted by atomic mass is 35.5. The molecule has 28 heavy (non-hydrogen) atoms. The smallest absolute Gasteiger partial charge is 0.244 e. The summed E-state index contributed by atoms with van der Waals surface area (Å²) in [4.78, 5) is 8.84. The second-order valence-corrected chi connectivity index (χ2v) is 9.62. The molecule has 0 N–H and O–H groups in total. The van der Waals surface area contributed by atoms with Gasteiger partial charge in [0.15, 0.2) is 0 Å². The molecule has 3 aromatic rings. The van der Waals surface area contributed by atoms with Crippen LogP contribution < -0.4 is 0 Å². The quantitative estimate of drug-likeness (QED) is 0.542. The molecular weight excluding hydrogens is 420 g/mol. The van der Waals surface area contributed by atoms with Crippen molar-refractivity contribution in [3.05, 3.63) is 53.5 Å². The van der Waals surface area contributed by atoms with Gasteiger partial charge < -0.3 is 4.52 Å². The number of pyridine rings is 1. The first-order chi connectivity index (χ1) is 13.5. The van der Waals surface area contributed by atoms with E-state index in [1.54, 1.807) is 24.3 Å². The Balaban J connectivity index is 1.40. The van der Waals surface area contributed by atoms with Gasteiger partial charge in [-0.25, -0.2) is 13.4 Å². The minimum absolute atomic E-state index is 0.224. The maximum Gasteiger partial charge on any atom is 0.244 e. The number of aromatic nitrogens is 3. The van der Waals surface area contributed by atoms with Crippen LogP contribution in [0, 0.1) is 0 Å². The number of halogens is 1. The van der Waals surface area contributed by atoms with Crippen molar-refractivity contribution < 1.29 is 12.9 Å². The van der Waals surface area contributed by atoms with Crippen molar-refractivity contribution in [3.63, 3.8) is 0 Å². The van der Waals surface area contributed by atoms with Crippen molar-refractivity contribution in [3.8, 4) is 11.4 Å². The van der Waals surface area contributed by atoms with Crippen molar-refractivity contribution in [2.24, 2.45) is 0 Å². The van der Waals surface area contributed by atoms with Gasteiger partial charge in [-0.05, 0) is 49.2 Å². The van der Waals surface area contributed by atoms with Crippen molar-refractivity contribution in [2.45, 2.75) is 28.5 Å². The number of sulfonamides is 1. The summed E-state index contributed by atoms with van der Waals surface area (Å²) in [5, 5.41) is 5.30. The van der Waals surface area contributed by atoms with E-state index in [-0.39, 0.29) is 4.90 Å². The summed E-state index contributed by atoms with van der Waals surface area (Å²) in [5.41, 5.74) is 0.819. The molecule has 0 bridgehead atoms. The van der Waals surface area contributed by atoms with E-state index < -0.39 is 10.0 Å². The van der Waals surface area contributed by atoms with Crippen LogP contribution in [0.1, 0.15) is 18.7 Å². The molecular formula is C18H17ClN4O3S2. The lowest BCUT2D eigenvalue weighted by Crippen LogP contribution is -2.27. The number of benzene rings is 1. The molecule has 146 valence electrons. The van der Waals surface area contributed by atoms with Crippen molar-refractivity contribution in [1.29, 1.82) is 0 Å². The van der Waals surface area contributed by atoms with Crippen LogP contribution in [0.2, 0.25) is 5.02 Å². The lowest BCUT2D eigenvalue weighted by atomic mass is 10.2. The molecule has 1 aromatic carbocycles. The minimum atomic E-state index is -3.44. The third kappa shape index (κ3) is 4.22. The van der Waals surface area contributed by atoms with E-state index in [1.807, 2.05) is 12.1 Å². The molecule has 0 radical (unpaired) electrons. The molecule has 4 rings (SSSR count). The highest BCUT2D eigenvalue weighted by Crippen LogP contribution is 2.25. The average molecular weight is 437 g/mol. The monoisotopic (exact) mass is 436 g/mol. The second-order valence-electron chi connectivity index (χ2n) is 6.25. The van der Waals surface area contributed by atoms with Gasteiger partial charge in [0, 0.05) is 29.9 Å². The van der Waals surface area contributed by atoms with E-state index in [0.717, 1.165) is 18.4 Å². The Morgan fingerprint density at radius 3 is 2.54 bits per heavy atom. The van der Waals surface area contributed by atoms with Crippen LogP contribution in [0.15, 0.2) is 57.0 Å². The molecule has 2 aromatic heterocycles. The maximum absolute atomic E-state index is 12.5. The van der Waals surface area contributed by atoms with E-state index >= 15 is 0 Å². The first-order valence-electron chi connectivity index (χ1n) is 8.70. The standard InChI is InChI=1S/C18H17ClN4O3S2/c19-14-5-3-13(4-6-14)18-21-16(26-22-18)12-27-17-8-7-15(11-20-17)28(24,25)23-9-1-2-10-23/h3-8,11H,1-2,9-10,12H2. The minimum Gasteiger partial charge on any atom is -0.338 e. The summed E-state index contributed by atoms with van der Waals surface area (Å²) < 4.78 is 31.8. The van der Waals surface area contributed by atoms with Crippen LogP contribution >= 0.6 is 23.4 Å². The Hall–Kier alpha value is -1.94. The molecule has 1 saturated heterocycles. The number of nitrogens with zero attached hydrogens (tertiary/aromatic N) is 4. The van der Waals surface area contributed by atoms with Crippen LogP contribution in [0.25, 0.3) is 11.4 Å². The lowest BCUT2D eigenvalue weighted by Gasteiger charge is -2.15. The molecule has 1 fully saturated rings. The number of rotatable bonds is 6. The van der Waals surface area contributed by atoms with E-state index in [2.05, 4.69) is 15.1 Å². The zero-order chi connectivity index (χ0) is 19.6. The third-order valence-corrected chi connectivity index (χ3v) is 7.39. The molecule has 10 heteroatoms. The Morgan fingerprint density at radius 2 is 1.86 bits per heavy atom. The van der Waals surface area contributed by atoms with Gasteiger partial charge in [0.25, 0.3) is 0 Å². The molecule has 0 aliphatic carbocycles. The van der Waals surface area contributed by atoms with E-state index in [4.69, 9.17) is 16.1 Å². The van der Waals surface area contributed by atoms with E-state index in [1.165, 1.54) is 22.3 Å². The third-order valence-electron chi connectivity index (χ3n) is 4.33. The largest absolute Gasteiger partial charge is 0.338 e.